The Hall–Kier alpha value is -3.38. The summed E-state index contributed by atoms with van der Waals surface area (Å²) in [5, 5.41) is 12.5. The van der Waals surface area contributed by atoms with Crippen LogP contribution in [-0.2, 0) is 4.79 Å². The average molecular weight is 415 g/mol. The van der Waals surface area contributed by atoms with Gasteiger partial charge in [-0.2, -0.15) is 0 Å². The molecule has 0 fully saturated rings. The molecule has 0 aliphatic carbocycles. The van der Waals surface area contributed by atoms with Crippen LogP contribution in [0.15, 0.2) is 84.0 Å². The molecule has 4 aromatic rings. The second kappa shape index (κ2) is 8.97. The Kier molecular flexibility index (Phi) is 5.95. The highest BCUT2D eigenvalue weighted by molar-refractivity contribution is 7.99. The van der Waals surface area contributed by atoms with Gasteiger partial charge in [-0.25, -0.2) is 0 Å². The van der Waals surface area contributed by atoms with E-state index < -0.39 is 0 Å². The summed E-state index contributed by atoms with van der Waals surface area (Å²) >= 11 is 1.37. The van der Waals surface area contributed by atoms with E-state index in [1.807, 2.05) is 97.3 Å². The molecule has 150 valence electrons. The maximum atomic E-state index is 12.6. The minimum absolute atomic E-state index is 0.0683. The van der Waals surface area contributed by atoms with Gasteiger partial charge in [0.2, 0.25) is 5.91 Å². The van der Waals surface area contributed by atoms with E-state index in [4.69, 9.17) is 0 Å². The SMILES string of the molecule is Cc1cccc(C)c1NC(=O)CSc1nnc(-c2ccccc2)n1-c1ccccc1. The number of nitrogens with one attached hydrogen (secondary N) is 1. The lowest BCUT2D eigenvalue weighted by Crippen LogP contribution is -2.16. The van der Waals surface area contributed by atoms with Crippen LogP contribution in [-0.4, -0.2) is 26.4 Å². The lowest BCUT2D eigenvalue weighted by molar-refractivity contribution is -0.113. The van der Waals surface area contributed by atoms with E-state index in [-0.39, 0.29) is 11.7 Å². The fourth-order valence-corrected chi connectivity index (χ4v) is 4.02. The minimum atomic E-state index is -0.0683. The first kappa shape index (κ1) is 19.9. The summed E-state index contributed by atoms with van der Waals surface area (Å²) in [6, 6.07) is 25.9. The monoisotopic (exact) mass is 414 g/mol. The molecule has 0 atom stereocenters. The van der Waals surface area contributed by atoms with Gasteiger partial charge in [-0.3, -0.25) is 9.36 Å². The molecule has 1 aromatic heterocycles. The van der Waals surface area contributed by atoms with Crippen LogP contribution in [0.1, 0.15) is 11.1 Å². The molecular weight excluding hydrogens is 392 g/mol. The molecule has 0 aliphatic rings. The number of thioether (sulfide) groups is 1. The number of aryl methyl sites for hydroxylation is 2. The van der Waals surface area contributed by atoms with Gasteiger partial charge in [-0.15, -0.1) is 10.2 Å². The van der Waals surface area contributed by atoms with Crippen molar-refractivity contribution in [1.29, 1.82) is 0 Å². The fraction of sp³-hybridized carbons (Fsp3) is 0.125. The molecule has 4 rings (SSSR count). The van der Waals surface area contributed by atoms with Gasteiger partial charge in [-0.05, 0) is 37.1 Å². The zero-order chi connectivity index (χ0) is 20.9. The number of carbonyl (C=O) groups excluding carboxylic acids is 1. The first-order valence-corrected chi connectivity index (χ1v) is 10.7. The smallest absolute Gasteiger partial charge is 0.234 e. The van der Waals surface area contributed by atoms with Crippen LogP contribution in [0.2, 0.25) is 0 Å². The van der Waals surface area contributed by atoms with Crippen molar-refractivity contribution in [3.05, 3.63) is 90.0 Å². The largest absolute Gasteiger partial charge is 0.325 e. The molecule has 0 saturated heterocycles. The maximum absolute atomic E-state index is 12.6. The van der Waals surface area contributed by atoms with Crippen molar-refractivity contribution < 1.29 is 4.79 Å². The van der Waals surface area contributed by atoms with E-state index in [2.05, 4.69) is 15.5 Å². The van der Waals surface area contributed by atoms with E-state index in [0.717, 1.165) is 33.9 Å². The molecule has 0 saturated carbocycles. The predicted octanol–water partition coefficient (Wildman–Crippen LogP) is 5.28. The van der Waals surface area contributed by atoms with Crippen LogP contribution < -0.4 is 5.32 Å². The normalized spacial score (nSPS) is 10.7. The van der Waals surface area contributed by atoms with Crippen LogP contribution in [0.5, 0.6) is 0 Å². The van der Waals surface area contributed by atoms with Gasteiger partial charge in [0.05, 0.1) is 5.75 Å². The molecule has 0 unspecified atom stereocenters. The zero-order valence-electron chi connectivity index (χ0n) is 16.9. The molecule has 1 N–H and O–H groups in total. The molecule has 0 aliphatic heterocycles. The van der Waals surface area contributed by atoms with Crippen LogP contribution in [0.25, 0.3) is 17.1 Å². The zero-order valence-corrected chi connectivity index (χ0v) is 17.7. The van der Waals surface area contributed by atoms with Crippen molar-refractivity contribution in [2.24, 2.45) is 0 Å². The van der Waals surface area contributed by atoms with Crippen molar-refractivity contribution in [2.75, 3.05) is 11.1 Å². The van der Waals surface area contributed by atoms with E-state index >= 15 is 0 Å². The number of benzene rings is 3. The van der Waals surface area contributed by atoms with Gasteiger partial charge in [0, 0.05) is 16.9 Å². The first-order chi connectivity index (χ1) is 14.6. The predicted molar refractivity (Wildman–Crippen MR) is 122 cm³/mol. The molecule has 30 heavy (non-hydrogen) atoms. The molecule has 0 bridgehead atoms. The second-order valence-electron chi connectivity index (χ2n) is 6.95. The summed E-state index contributed by atoms with van der Waals surface area (Å²) in [6.07, 6.45) is 0. The van der Waals surface area contributed by atoms with E-state index in [1.54, 1.807) is 0 Å². The number of anilines is 1. The highest BCUT2D eigenvalue weighted by Crippen LogP contribution is 2.28. The van der Waals surface area contributed by atoms with Gasteiger partial charge in [0.15, 0.2) is 11.0 Å². The van der Waals surface area contributed by atoms with Crippen molar-refractivity contribution in [3.8, 4) is 17.1 Å². The van der Waals surface area contributed by atoms with E-state index in [0.29, 0.717) is 5.16 Å². The third-order valence-corrected chi connectivity index (χ3v) is 5.69. The number of aromatic nitrogens is 3. The summed E-state index contributed by atoms with van der Waals surface area (Å²) in [7, 11) is 0. The second-order valence-corrected chi connectivity index (χ2v) is 7.89. The van der Waals surface area contributed by atoms with Crippen LogP contribution in [0, 0.1) is 13.8 Å². The number of carbonyl (C=O) groups is 1. The van der Waals surface area contributed by atoms with E-state index in [1.165, 1.54) is 11.8 Å². The van der Waals surface area contributed by atoms with Gasteiger partial charge in [0.25, 0.3) is 0 Å². The number of amides is 1. The number of nitrogens with zero attached hydrogens (tertiary/aromatic N) is 3. The number of para-hydroxylation sites is 2. The minimum Gasteiger partial charge on any atom is -0.325 e. The maximum Gasteiger partial charge on any atom is 0.234 e. The van der Waals surface area contributed by atoms with Crippen LogP contribution in [0.3, 0.4) is 0 Å². The van der Waals surface area contributed by atoms with Crippen LogP contribution in [0.4, 0.5) is 5.69 Å². The number of hydrogen-bond acceptors (Lipinski definition) is 4. The van der Waals surface area contributed by atoms with Gasteiger partial charge in [-0.1, -0.05) is 78.5 Å². The molecule has 3 aromatic carbocycles. The van der Waals surface area contributed by atoms with Crippen LogP contribution >= 0.6 is 11.8 Å². The molecule has 6 heteroatoms. The molecule has 1 amide bonds. The number of rotatable bonds is 6. The highest BCUT2D eigenvalue weighted by Gasteiger charge is 2.17. The molecule has 0 spiro atoms. The third kappa shape index (κ3) is 4.28. The lowest BCUT2D eigenvalue weighted by Gasteiger charge is -2.12. The topological polar surface area (TPSA) is 59.8 Å². The highest BCUT2D eigenvalue weighted by atomic mass is 32.2. The Bertz CT molecular complexity index is 1140. The first-order valence-electron chi connectivity index (χ1n) is 9.68. The Balaban J connectivity index is 1.59. The quantitative estimate of drug-likeness (QED) is 0.436. The van der Waals surface area contributed by atoms with Crippen molar-refractivity contribution >= 4 is 23.4 Å². The van der Waals surface area contributed by atoms with Gasteiger partial charge in [0.1, 0.15) is 0 Å². The summed E-state index contributed by atoms with van der Waals surface area (Å²) in [4.78, 5) is 12.6. The Morgan fingerprint density at radius 2 is 1.50 bits per heavy atom. The summed E-state index contributed by atoms with van der Waals surface area (Å²) in [6.45, 7) is 3.99. The van der Waals surface area contributed by atoms with Gasteiger partial charge < -0.3 is 5.32 Å². The van der Waals surface area contributed by atoms with Gasteiger partial charge >= 0.3 is 0 Å². The Labute approximate surface area is 180 Å². The standard InChI is InChI=1S/C24H22N4OS/c1-17-10-9-11-18(2)22(17)25-21(29)16-30-24-27-26-23(19-12-5-3-6-13-19)28(24)20-14-7-4-8-15-20/h3-15H,16H2,1-2H3,(H,25,29). The average Bonchev–Trinajstić information content (AvgIpc) is 3.20. The van der Waals surface area contributed by atoms with Crippen molar-refractivity contribution in [3.63, 3.8) is 0 Å². The van der Waals surface area contributed by atoms with Crippen molar-refractivity contribution in [1.82, 2.24) is 14.8 Å². The third-order valence-electron chi connectivity index (χ3n) is 4.76. The number of hydrogen-bond donors (Lipinski definition) is 1. The summed E-state index contributed by atoms with van der Waals surface area (Å²) in [5.74, 6) is 0.925. The lowest BCUT2D eigenvalue weighted by atomic mass is 10.1. The molecular formula is C24H22N4OS. The molecule has 5 nitrogen and oxygen atoms in total. The summed E-state index contributed by atoms with van der Waals surface area (Å²) in [5.41, 5.74) is 4.90. The Morgan fingerprint density at radius 1 is 0.867 bits per heavy atom. The van der Waals surface area contributed by atoms with E-state index in [9.17, 15) is 4.79 Å². The summed E-state index contributed by atoms with van der Waals surface area (Å²) < 4.78 is 1.99. The van der Waals surface area contributed by atoms with Crippen molar-refractivity contribution in [2.45, 2.75) is 19.0 Å². The molecule has 1 heterocycles. The fourth-order valence-electron chi connectivity index (χ4n) is 3.26. The Morgan fingerprint density at radius 3 is 2.17 bits per heavy atom. The molecule has 0 radical (unpaired) electrons.